The lowest BCUT2D eigenvalue weighted by Gasteiger charge is -2.34. The second-order valence-electron chi connectivity index (χ2n) is 6.54. The molecule has 4 rings (SSSR count). The van der Waals surface area contributed by atoms with Crippen LogP contribution in [0.4, 0.5) is 0 Å². The lowest BCUT2D eigenvalue weighted by atomic mass is 10.2. The van der Waals surface area contributed by atoms with Gasteiger partial charge in [0.1, 0.15) is 11.3 Å². The molecule has 29 heavy (non-hydrogen) atoms. The number of aromatic amines is 1. The van der Waals surface area contributed by atoms with Gasteiger partial charge in [-0.05, 0) is 24.3 Å². The Balaban J connectivity index is 1.48. The van der Waals surface area contributed by atoms with E-state index >= 15 is 0 Å². The number of carbonyl (C=O) groups excluding carboxylic acids is 2. The van der Waals surface area contributed by atoms with E-state index in [2.05, 4.69) is 4.98 Å². The molecule has 1 saturated heterocycles. The average molecular weight is 398 g/mol. The van der Waals surface area contributed by atoms with Crippen molar-refractivity contribution in [3.63, 3.8) is 0 Å². The van der Waals surface area contributed by atoms with Crippen LogP contribution in [0.3, 0.4) is 0 Å². The van der Waals surface area contributed by atoms with Crippen LogP contribution in [0.5, 0.6) is 0 Å². The van der Waals surface area contributed by atoms with Crippen LogP contribution in [-0.2, 0) is 6.54 Å². The molecule has 1 fully saturated rings. The van der Waals surface area contributed by atoms with Gasteiger partial charge in [-0.15, -0.1) is 0 Å². The number of amides is 2. The Labute approximate surface area is 163 Å². The Bertz CT molecular complexity index is 1120. The van der Waals surface area contributed by atoms with Crippen molar-refractivity contribution in [2.24, 2.45) is 0 Å². The van der Waals surface area contributed by atoms with Crippen molar-refractivity contribution < 1.29 is 18.4 Å². The first-order chi connectivity index (χ1) is 14.0. The zero-order valence-electron chi connectivity index (χ0n) is 15.4. The van der Waals surface area contributed by atoms with Crippen LogP contribution < -0.4 is 11.2 Å². The van der Waals surface area contributed by atoms with Crippen molar-refractivity contribution in [3.05, 3.63) is 80.9 Å². The molecule has 0 saturated carbocycles. The Morgan fingerprint density at radius 2 is 1.59 bits per heavy atom. The third-order valence-corrected chi connectivity index (χ3v) is 4.77. The maximum Gasteiger partial charge on any atom is 0.328 e. The van der Waals surface area contributed by atoms with Crippen LogP contribution in [0.15, 0.2) is 61.4 Å². The summed E-state index contributed by atoms with van der Waals surface area (Å²) >= 11 is 0. The van der Waals surface area contributed by atoms with Gasteiger partial charge in [-0.25, -0.2) is 4.79 Å². The fourth-order valence-corrected chi connectivity index (χ4v) is 3.21. The van der Waals surface area contributed by atoms with E-state index in [0.29, 0.717) is 18.8 Å². The lowest BCUT2D eigenvalue weighted by molar-refractivity contribution is 0.0516. The summed E-state index contributed by atoms with van der Waals surface area (Å²) in [4.78, 5) is 55.4. The highest BCUT2D eigenvalue weighted by Crippen LogP contribution is 2.11. The largest absolute Gasteiger partial charge is 0.467 e. The molecule has 0 aliphatic carbocycles. The number of aromatic nitrogens is 2. The molecule has 1 N–H and O–H groups in total. The predicted molar refractivity (Wildman–Crippen MR) is 99.6 cm³/mol. The van der Waals surface area contributed by atoms with E-state index in [1.807, 2.05) is 0 Å². The Morgan fingerprint density at radius 3 is 2.21 bits per heavy atom. The van der Waals surface area contributed by atoms with Gasteiger partial charge in [0, 0.05) is 32.4 Å². The molecule has 0 radical (unpaired) electrons. The second kappa shape index (κ2) is 7.66. The molecular weight excluding hydrogens is 380 g/mol. The monoisotopic (exact) mass is 398 g/mol. The van der Waals surface area contributed by atoms with Gasteiger partial charge in [0.05, 0.1) is 19.1 Å². The van der Waals surface area contributed by atoms with Crippen LogP contribution in [0.1, 0.15) is 26.7 Å². The quantitative estimate of drug-likeness (QED) is 0.678. The third kappa shape index (κ3) is 3.64. The topological polar surface area (TPSA) is 122 Å². The maximum absolute atomic E-state index is 12.8. The fourth-order valence-electron chi connectivity index (χ4n) is 3.21. The normalized spacial score (nSPS) is 14.2. The number of carbonyl (C=O) groups is 2. The second-order valence-corrected chi connectivity index (χ2v) is 6.54. The van der Waals surface area contributed by atoms with E-state index < -0.39 is 17.2 Å². The summed E-state index contributed by atoms with van der Waals surface area (Å²) in [6.45, 7) is 1.09. The molecule has 10 heteroatoms. The molecule has 2 amide bonds. The average Bonchev–Trinajstić information content (AvgIpc) is 3.44. The first-order valence-corrected chi connectivity index (χ1v) is 9.01. The van der Waals surface area contributed by atoms with Crippen molar-refractivity contribution in [2.75, 3.05) is 26.2 Å². The maximum atomic E-state index is 12.8. The number of piperazine rings is 1. The standard InChI is InChI=1S/C19H18N4O6/c24-16(21-5-7-22(8-6-21)18(26)15-4-2-10-29-15)14-11-20-19(27)23(17(14)25)12-13-3-1-9-28-13/h1-4,9-11H,5-8,12H2,(H,20,27). The minimum Gasteiger partial charge on any atom is -0.467 e. The molecule has 0 atom stereocenters. The van der Waals surface area contributed by atoms with Crippen LogP contribution in [0, 0.1) is 0 Å². The Kier molecular flexibility index (Phi) is 4.90. The van der Waals surface area contributed by atoms with E-state index in [-0.39, 0.29) is 36.9 Å². The summed E-state index contributed by atoms with van der Waals surface area (Å²) in [6.07, 6.45) is 4.00. The molecule has 4 heterocycles. The SMILES string of the molecule is O=C(c1ccco1)N1CCN(C(=O)c2c[nH]c(=O)n(Cc3ccco3)c2=O)CC1. The highest BCUT2D eigenvalue weighted by Gasteiger charge is 2.28. The minimum absolute atomic E-state index is 0.0757. The van der Waals surface area contributed by atoms with E-state index in [1.165, 1.54) is 17.4 Å². The summed E-state index contributed by atoms with van der Waals surface area (Å²) in [5, 5.41) is 0. The Morgan fingerprint density at radius 1 is 0.931 bits per heavy atom. The molecule has 0 aromatic carbocycles. The van der Waals surface area contributed by atoms with Gasteiger partial charge in [-0.2, -0.15) is 0 Å². The van der Waals surface area contributed by atoms with Crippen LogP contribution in [-0.4, -0.2) is 57.3 Å². The van der Waals surface area contributed by atoms with Gasteiger partial charge >= 0.3 is 5.69 Å². The number of nitrogens with zero attached hydrogens (tertiary/aromatic N) is 3. The van der Waals surface area contributed by atoms with Crippen LogP contribution in [0.25, 0.3) is 0 Å². The van der Waals surface area contributed by atoms with Crippen molar-refractivity contribution >= 4 is 11.8 Å². The molecular formula is C19H18N4O6. The molecule has 0 spiro atoms. The number of nitrogens with one attached hydrogen (secondary N) is 1. The molecule has 10 nitrogen and oxygen atoms in total. The summed E-state index contributed by atoms with van der Waals surface area (Å²) in [5.41, 5.74) is -1.46. The highest BCUT2D eigenvalue weighted by molar-refractivity contribution is 5.94. The zero-order valence-corrected chi connectivity index (χ0v) is 15.4. The van der Waals surface area contributed by atoms with Crippen molar-refractivity contribution in [2.45, 2.75) is 6.54 Å². The van der Waals surface area contributed by atoms with Crippen molar-refractivity contribution in [1.82, 2.24) is 19.4 Å². The molecule has 1 aliphatic heterocycles. The third-order valence-electron chi connectivity index (χ3n) is 4.77. The molecule has 150 valence electrons. The van der Waals surface area contributed by atoms with Crippen LogP contribution >= 0.6 is 0 Å². The fraction of sp³-hybridized carbons (Fsp3) is 0.263. The molecule has 0 unspecified atom stereocenters. The van der Waals surface area contributed by atoms with Crippen molar-refractivity contribution in [1.29, 1.82) is 0 Å². The van der Waals surface area contributed by atoms with Gasteiger partial charge in [-0.1, -0.05) is 0 Å². The van der Waals surface area contributed by atoms with Gasteiger partial charge in [-0.3, -0.25) is 19.0 Å². The predicted octanol–water partition coefficient (Wildman–Crippen LogP) is 0.369. The van der Waals surface area contributed by atoms with E-state index in [1.54, 1.807) is 29.2 Å². The minimum atomic E-state index is -0.691. The van der Waals surface area contributed by atoms with E-state index in [9.17, 15) is 19.2 Å². The first kappa shape index (κ1) is 18.5. The van der Waals surface area contributed by atoms with Crippen LogP contribution in [0.2, 0.25) is 0 Å². The summed E-state index contributed by atoms with van der Waals surface area (Å²) in [7, 11) is 0. The molecule has 1 aliphatic rings. The number of rotatable bonds is 4. The van der Waals surface area contributed by atoms with Gasteiger partial charge in [0.2, 0.25) is 0 Å². The number of H-pyrrole nitrogens is 1. The number of hydrogen-bond acceptors (Lipinski definition) is 6. The van der Waals surface area contributed by atoms with Gasteiger partial charge in [0.15, 0.2) is 5.76 Å². The number of furan rings is 2. The summed E-state index contributed by atoms with van der Waals surface area (Å²) < 4.78 is 11.2. The zero-order chi connectivity index (χ0) is 20.4. The van der Waals surface area contributed by atoms with Gasteiger partial charge < -0.3 is 23.6 Å². The highest BCUT2D eigenvalue weighted by atomic mass is 16.3. The molecule has 3 aromatic rings. The summed E-state index contributed by atoms with van der Waals surface area (Å²) in [6, 6.07) is 6.50. The molecule has 0 bridgehead atoms. The van der Waals surface area contributed by atoms with E-state index in [4.69, 9.17) is 8.83 Å². The van der Waals surface area contributed by atoms with Gasteiger partial charge in [0.25, 0.3) is 17.4 Å². The summed E-state index contributed by atoms with van der Waals surface area (Å²) in [5.74, 6) is -0.0741. The smallest absolute Gasteiger partial charge is 0.328 e. The Hall–Kier alpha value is -3.82. The first-order valence-electron chi connectivity index (χ1n) is 9.01. The lowest BCUT2D eigenvalue weighted by Crippen LogP contribution is -2.52. The number of hydrogen-bond donors (Lipinski definition) is 1. The van der Waals surface area contributed by atoms with Crippen molar-refractivity contribution in [3.8, 4) is 0 Å². The van der Waals surface area contributed by atoms with E-state index in [0.717, 1.165) is 10.8 Å². The molecule has 3 aromatic heterocycles.